The first-order valence-corrected chi connectivity index (χ1v) is 10.4. The Bertz CT molecular complexity index is 955. The van der Waals surface area contributed by atoms with Crippen LogP contribution in [0, 0.1) is 6.92 Å². The highest BCUT2D eigenvalue weighted by atomic mass is 32.1. The number of rotatable bonds is 6. The number of H-pyrrole nitrogens is 1. The number of ether oxygens (including phenoxy) is 2. The second-order valence-electron chi connectivity index (χ2n) is 6.88. The van der Waals surface area contributed by atoms with Crippen molar-refractivity contribution < 1.29 is 14.3 Å². The molecule has 0 spiro atoms. The Balaban J connectivity index is 1.58. The van der Waals surface area contributed by atoms with Crippen molar-refractivity contribution in [3.63, 3.8) is 0 Å². The third-order valence-electron chi connectivity index (χ3n) is 4.83. The predicted octanol–water partition coefficient (Wildman–Crippen LogP) is 4.02. The maximum absolute atomic E-state index is 13.0. The molecular weight excluding hydrogens is 374 g/mol. The molecule has 2 N–H and O–H groups in total. The SMILES string of the molecule is CCOc1ccc(NC(=O)c2[nH]c3cc(C)sc3c2CN2CCOCC2)cc1. The Morgan fingerprint density at radius 1 is 1.29 bits per heavy atom. The highest BCUT2D eigenvalue weighted by Crippen LogP contribution is 2.32. The molecule has 0 atom stereocenters. The van der Waals surface area contributed by atoms with E-state index >= 15 is 0 Å². The number of aryl methyl sites for hydroxylation is 1. The van der Waals surface area contributed by atoms with Gasteiger partial charge in [-0.3, -0.25) is 9.69 Å². The van der Waals surface area contributed by atoms with Crippen LogP contribution in [0.3, 0.4) is 0 Å². The van der Waals surface area contributed by atoms with E-state index in [0.29, 0.717) is 12.3 Å². The standard InChI is InChI=1S/C21H25N3O3S/c1-3-27-16-6-4-15(5-7-16)22-21(25)19-17(13-24-8-10-26-11-9-24)20-18(23-19)12-14(2)28-20/h4-7,12,23H,3,8-11,13H2,1-2H3,(H,22,25). The highest BCUT2D eigenvalue weighted by Gasteiger charge is 2.22. The largest absolute Gasteiger partial charge is 0.494 e. The summed E-state index contributed by atoms with van der Waals surface area (Å²) in [5.41, 5.74) is 3.49. The van der Waals surface area contributed by atoms with Crippen molar-refractivity contribution in [1.82, 2.24) is 9.88 Å². The van der Waals surface area contributed by atoms with E-state index in [9.17, 15) is 4.79 Å². The van der Waals surface area contributed by atoms with E-state index in [-0.39, 0.29) is 5.91 Å². The van der Waals surface area contributed by atoms with Crippen LogP contribution >= 0.6 is 11.3 Å². The van der Waals surface area contributed by atoms with E-state index in [1.165, 1.54) is 9.58 Å². The Hall–Kier alpha value is -2.35. The first kappa shape index (κ1) is 19.0. The van der Waals surface area contributed by atoms with Gasteiger partial charge in [0, 0.05) is 35.8 Å². The molecule has 148 valence electrons. The molecule has 28 heavy (non-hydrogen) atoms. The molecule has 0 radical (unpaired) electrons. The topological polar surface area (TPSA) is 66.6 Å². The van der Waals surface area contributed by atoms with Crippen LogP contribution in [0.2, 0.25) is 0 Å². The molecule has 1 saturated heterocycles. The van der Waals surface area contributed by atoms with Gasteiger partial charge in [0.1, 0.15) is 11.4 Å². The minimum Gasteiger partial charge on any atom is -0.494 e. The van der Waals surface area contributed by atoms with Crippen molar-refractivity contribution in [2.75, 3.05) is 38.2 Å². The van der Waals surface area contributed by atoms with Gasteiger partial charge < -0.3 is 19.8 Å². The van der Waals surface area contributed by atoms with Gasteiger partial charge in [0.2, 0.25) is 0 Å². The summed E-state index contributed by atoms with van der Waals surface area (Å²) in [6, 6.07) is 9.56. The number of aromatic nitrogens is 1. The van der Waals surface area contributed by atoms with Gasteiger partial charge in [-0.2, -0.15) is 0 Å². The number of amides is 1. The van der Waals surface area contributed by atoms with Crippen LogP contribution < -0.4 is 10.1 Å². The van der Waals surface area contributed by atoms with E-state index < -0.39 is 0 Å². The fourth-order valence-corrected chi connectivity index (χ4v) is 4.49. The number of aromatic amines is 1. The van der Waals surface area contributed by atoms with Crippen LogP contribution in [0.5, 0.6) is 5.75 Å². The van der Waals surface area contributed by atoms with Gasteiger partial charge in [0.15, 0.2) is 0 Å². The number of anilines is 1. The molecule has 1 aliphatic rings. The molecule has 0 bridgehead atoms. The molecule has 3 aromatic rings. The quantitative estimate of drug-likeness (QED) is 0.657. The molecule has 1 amide bonds. The second kappa shape index (κ2) is 8.34. The van der Waals surface area contributed by atoms with Crippen LogP contribution in [-0.4, -0.2) is 48.7 Å². The smallest absolute Gasteiger partial charge is 0.272 e. The zero-order valence-corrected chi connectivity index (χ0v) is 17.0. The summed E-state index contributed by atoms with van der Waals surface area (Å²) in [4.78, 5) is 20.0. The molecule has 7 heteroatoms. The molecule has 6 nitrogen and oxygen atoms in total. The maximum Gasteiger partial charge on any atom is 0.272 e. The first-order chi connectivity index (χ1) is 13.6. The number of nitrogens with zero attached hydrogens (tertiary/aromatic N) is 1. The second-order valence-corrected chi connectivity index (χ2v) is 8.13. The van der Waals surface area contributed by atoms with E-state index in [0.717, 1.165) is 55.4 Å². The normalized spacial score (nSPS) is 15.1. The van der Waals surface area contributed by atoms with Crippen LogP contribution in [-0.2, 0) is 11.3 Å². The number of morpholine rings is 1. The lowest BCUT2D eigenvalue weighted by atomic mass is 10.2. The molecule has 0 aliphatic carbocycles. The monoisotopic (exact) mass is 399 g/mol. The molecule has 1 aliphatic heterocycles. The summed E-state index contributed by atoms with van der Waals surface area (Å²) in [5, 5.41) is 3.01. The van der Waals surface area contributed by atoms with Crippen molar-refractivity contribution in [3.8, 4) is 5.75 Å². The molecular formula is C21H25N3O3S. The molecule has 4 rings (SSSR count). The Labute approximate surface area is 168 Å². The summed E-state index contributed by atoms with van der Waals surface area (Å²) in [6.45, 7) is 8.66. The highest BCUT2D eigenvalue weighted by molar-refractivity contribution is 7.19. The van der Waals surface area contributed by atoms with Gasteiger partial charge in [-0.1, -0.05) is 0 Å². The van der Waals surface area contributed by atoms with Crippen LogP contribution in [0.25, 0.3) is 10.2 Å². The minimum atomic E-state index is -0.117. The van der Waals surface area contributed by atoms with Gasteiger partial charge >= 0.3 is 0 Å². The molecule has 3 heterocycles. The number of benzene rings is 1. The zero-order valence-electron chi connectivity index (χ0n) is 16.2. The number of nitrogens with one attached hydrogen (secondary N) is 2. The molecule has 2 aromatic heterocycles. The Kier molecular flexibility index (Phi) is 5.66. The number of fused-ring (bicyclic) bond motifs is 1. The molecule has 1 aromatic carbocycles. The van der Waals surface area contributed by atoms with Crippen molar-refractivity contribution in [1.29, 1.82) is 0 Å². The number of carbonyl (C=O) groups excluding carboxylic acids is 1. The van der Waals surface area contributed by atoms with Gasteiger partial charge in [-0.05, 0) is 44.2 Å². The average Bonchev–Trinajstić information content (AvgIpc) is 3.21. The number of carbonyl (C=O) groups is 1. The summed E-state index contributed by atoms with van der Waals surface area (Å²) < 4.78 is 12.1. The maximum atomic E-state index is 13.0. The zero-order chi connectivity index (χ0) is 19.5. The Morgan fingerprint density at radius 2 is 2.04 bits per heavy atom. The van der Waals surface area contributed by atoms with Crippen LogP contribution in [0.15, 0.2) is 30.3 Å². The third-order valence-corrected chi connectivity index (χ3v) is 5.94. The lowest BCUT2D eigenvalue weighted by Crippen LogP contribution is -2.36. The predicted molar refractivity (Wildman–Crippen MR) is 113 cm³/mol. The fraction of sp³-hybridized carbons (Fsp3) is 0.381. The summed E-state index contributed by atoms with van der Waals surface area (Å²) >= 11 is 1.73. The van der Waals surface area contributed by atoms with Crippen molar-refractivity contribution >= 4 is 33.1 Å². The van der Waals surface area contributed by atoms with Gasteiger partial charge in [-0.25, -0.2) is 0 Å². The van der Waals surface area contributed by atoms with Crippen molar-refractivity contribution in [2.24, 2.45) is 0 Å². The number of hydrogen-bond acceptors (Lipinski definition) is 5. The molecule has 0 unspecified atom stereocenters. The minimum absolute atomic E-state index is 0.117. The summed E-state index contributed by atoms with van der Waals surface area (Å²) in [7, 11) is 0. The van der Waals surface area contributed by atoms with Gasteiger partial charge in [0.05, 0.1) is 30.0 Å². The van der Waals surface area contributed by atoms with Crippen molar-refractivity contribution in [3.05, 3.63) is 46.5 Å². The lowest BCUT2D eigenvalue weighted by molar-refractivity contribution is 0.0343. The van der Waals surface area contributed by atoms with E-state index in [1.807, 2.05) is 31.2 Å². The van der Waals surface area contributed by atoms with Gasteiger partial charge in [-0.15, -0.1) is 11.3 Å². The average molecular weight is 400 g/mol. The van der Waals surface area contributed by atoms with Crippen LogP contribution in [0.1, 0.15) is 27.9 Å². The molecule has 1 fully saturated rings. The number of hydrogen-bond donors (Lipinski definition) is 2. The van der Waals surface area contributed by atoms with Crippen molar-refractivity contribution in [2.45, 2.75) is 20.4 Å². The lowest BCUT2D eigenvalue weighted by Gasteiger charge is -2.26. The van der Waals surface area contributed by atoms with Crippen LogP contribution in [0.4, 0.5) is 5.69 Å². The third kappa shape index (κ3) is 4.06. The molecule has 0 saturated carbocycles. The number of thiophene rings is 1. The van der Waals surface area contributed by atoms with E-state index in [1.54, 1.807) is 11.3 Å². The Morgan fingerprint density at radius 3 is 2.75 bits per heavy atom. The first-order valence-electron chi connectivity index (χ1n) is 9.59. The van der Waals surface area contributed by atoms with Gasteiger partial charge in [0.25, 0.3) is 5.91 Å². The fourth-order valence-electron chi connectivity index (χ4n) is 3.48. The van der Waals surface area contributed by atoms with E-state index in [2.05, 4.69) is 28.2 Å². The summed E-state index contributed by atoms with van der Waals surface area (Å²) in [6.07, 6.45) is 0. The van der Waals surface area contributed by atoms with E-state index in [4.69, 9.17) is 9.47 Å². The summed E-state index contributed by atoms with van der Waals surface area (Å²) in [5.74, 6) is 0.679.